The summed E-state index contributed by atoms with van der Waals surface area (Å²) in [6.45, 7) is 2.38. The molecule has 2 aliphatic heterocycles. The first-order valence-electron chi connectivity index (χ1n) is 6.20. The fourth-order valence-corrected chi connectivity index (χ4v) is 2.69. The Morgan fingerprint density at radius 2 is 2.15 bits per heavy atom. The Kier molecular flexibility index (Phi) is 6.10. The summed E-state index contributed by atoms with van der Waals surface area (Å²) in [5.74, 6) is -2.35. The van der Waals surface area contributed by atoms with E-state index in [0.717, 1.165) is 0 Å². The van der Waals surface area contributed by atoms with E-state index in [4.69, 9.17) is 20.3 Å². The Hall–Kier alpha value is -0.0761. The summed E-state index contributed by atoms with van der Waals surface area (Å²) in [6.07, 6.45) is 1.10. The number of aliphatic carboxylic acids is 2. The van der Waals surface area contributed by atoms with Crippen LogP contribution in [0.2, 0.25) is 0 Å². The first-order valence-corrected chi connectivity index (χ1v) is 6.20. The molecule has 3 unspecified atom stereocenters. The van der Waals surface area contributed by atoms with Gasteiger partial charge in [-0.25, -0.2) is 4.79 Å². The molecule has 0 bridgehead atoms. The minimum atomic E-state index is -1.57. The van der Waals surface area contributed by atoms with Crippen LogP contribution >= 0.6 is 0 Å². The Balaban J connectivity index is 0.00000200. The molecular formula is C12H18NO6Y-. The second-order valence-electron chi connectivity index (χ2n) is 5.20. The molecule has 5 atom stereocenters. The molecule has 2 fully saturated rings. The van der Waals surface area contributed by atoms with Crippen LogP contribution in [0.25, 0.3) is 0 Å². The van der Waals surface area contributed by atoms with E-state index in [-0.39, 0.29) is 63.7 Å². The normalized spacial score (nSPS) is 37.6. The van der Waals surface area contributed by atoms with Crippen LogP contribution in [-0.4, -0.2) is 52.6 Å². The summed E-state index contributed by atoms with van der Waals surface area (Å²) in [5, 5.41) is 18.2. The third-order valence-corrected chi connectivity index (χ3v) is 3.81. The van der Waals surface area contributed by atoms with Gasteiger partial charge in [0.25, 0.3) is 0 Å². The third kappa shape index (κ3) is 3.39. The summed E-state index contributed by atoms with van der Waals surface area (Å²) in [6, 6.07) is -1.27. The molecule has 0 amide bonds. The number of hydrogen-bond acceptors (Lipinski definition) is 5. The number of carboxylic acid groups (broad SMARTS) is 2. The smallest absolute Gasteiger partial charge is 0.336 e. The van der Waals surface area contributed by atoms with Crippen molar-refractivity contribution in [2.75, 3.05) is 6.61 Å². The maximum Gasteiger partial charge on any atom is 0.336 e. The van der Waals surface area contributed by atoms with Crippen LogP contribution in [0, 0.1) is 12.3 Å². The molecule has 0 aliphatic carbocycles. The predicted molar refractivity (Wildman–Crippen MR) is 63.3 cm³/mol. The SMILES string of the molecule is C[C@@H]1[CH-]COC2C[C@@](CC(N)C(=O)O)(C(=O)O)OC21.[Y]. The van der Waals surface area contributed by atoms with E-state index in [1.807, 2.05) is 13.3 Å². The van der Waals surface area contributed by atoms with E-state index in [1.165, 1.54) is 0 Å². The van der Waals surface area contributed by atoms with Crippen LogP contribution in [0.15, 0.2) is 0 Å². The zero-order chi connectivity index (χ0) is 14.2. The van der Waals surface area contributed by atoms with Crippen LogP contribution < -0.4 is 5.73 Å². The average Bonchev–Trinajstić information content (AvgIpc) is 2.70. The summed E-state index contributed by atoms with van der Waals surface area (Å²) < 4.78 is 11.1. The average molecular weight is 361 g/mol. The minimum Gasteiger partial charge on any atom is -0.480 e. The molecule has 1 radical (unpaired) electrons. The van der Waals surface area contributed by atoms with Crippen LogP contribution in [0.1, 0.15) is 19.8 Å². The maximum absolute atomic E-state index is 11.5. The molecule has 20 heavy (non-hydrogen) atoms. The molecule has 0 aromatic heterocycles. The number of nitrogens with two attached hydrogens (primary N) is 1. The largest absolute Gasteiger partial charge is 0.480 e. The quantitative estimate of drug-likeness (QED) is 0.585. The van der Waals surface area contributed by atoms with Gasteiger partial charge in [0.1, 0.15) is 6.04 Å². The van der Waals surface area contributed by atoms with Crippen molar-refractivity contribution in [3.05, 3.63) is 6.42 Å². The van der Waals surface area contributed by atoms with Gasteiger partial charge in [-0.2, -0.15) is 0 Å². The predicted octanol–water partition coefficient (Wildman–Crippen LogP) is -0.363. The fraction of sp³-hybridized carbons (Fsp3) is 0.750. The van der Waals surface area contributed by atoms with Gasteiger partial charge >= 0.3 is 11.9 Å². The fourth-order valence-electron chi connectivity index (χ4n) is 2.69. The molecule has 0 aromatic carbocycles. The first kappa shape index (κ1) is 18.0. The van der Waals surface area contributed by atoms with Gasteiger partial charge in [0.2, 0.25) is 0 Å². The third-order valence-electron chi connectivity index (χ3n) is 3.81. The molecular weight excluding hydrogens is 343 g/mol. The molecule has 0 saturated carbocycles. The molecule has 2 heterocycles. The molecule has 2 saturated heterocycles. The molecule has 4 N–H and O–H groups in total. The van der Waals surface area contributed by atoms with Gasteiger partial charge in [-0.1, -0.05) is 13.5 Å². The molecule has 2 aliphatic rings. The second kappa shape index (κ2) is 6.79. The molecule has 8 heteroatoms. The Bertz CT molecular complexity index is 392. The monoisotopic (exact) mass is 361 g/mol. The topological polar surface area (TPSA) is 119 Å². The van der Waals surface area contributed by atoms with Crippen molar-refractivity contribution in [1.82, 2.24) is 0 Å². The van der Waals surface area contributed by atoms with E-state index >= 15 is 0 Å². The van der Waals surface area contributed by atoms with E-state index in [2.05, 4.69) is 0 Å². The summed E-state index contributed by atoms with van der Waals surface area (Å²) in [5.41, 5.74) is 3.88. The van der Waals surface area contributed by atoms with Gasteiger partial charge in [0.05, 0.1) is 12.2 Å². The second-order valence-corrected chi connectivity index (χ2v) is 5.20. The van der Waals surface area contributed by atoms with E-state index in [9.17, 15) is 14.7 Å². The van der Waals surface area contributed by atoms with Gasteiger partial charge < -0.3 is 25.4 Å². The number of fused-ring (bicyclic) bond motifs is 1. The Morgan fingerprint density at radius 3 is 2.65 bits per heavy atom. The molecule has 7 nitrogen and oxygen atoms in total. The van der Waals surface area contributed by atoms with Crippen LogP contribution in [0.3, 0.4) is 0 Å². The maximum atomic E-state index is 11.5. The number of ether oxygens (including phenoxy) is 2. The van der Waals surface area contributed by atoms with Gasteiger partial charge in [-0.15, -0.1) is 5.92 Å². The van der Waals surface area contributed by atoms with Crippen molar-refractivity contribution >= 4 is 11.9 Å². The molecule has 2 rings (SSSR count). The Morgan fingerprint density at radius 1 is 1.50 bits per heavy atom. The van der Waals surface area contributed by atoms with Crippen molar-refractivity contribution in [2.24, 2.45) is 11.7 Å². The van der Waals surface area contributed by atoms with E-state index in [1.54, 1.807) is 0 Å². The van der Waals surface area contributed by atoms with Gasteiger partial charge in [-0.3, -0.25) is 11.2 Å². The minimum absolute atomic E-state index is 0. The van der Waals surface area contributed by atoms with Gasteiger partial charge in [0, 0.05) is 45.6 Å². The van der Waals surface area contributed by atoms with Crippen molar-refractivity contribution in [3.8, 4) is 0 Å². The number of rotatable bonds is 4. The molecule has 0 spiro atoms. The zero-order valence-electron chi connectivity index (χ0n) is 11.2. The number of carbonyl (C=O) groups is 2. The van der Waals surface area contributed by atoms with Crippen molar-refractivity contribution in [3.63, 3.8) is 0 Å². The summed E-state index contributed by atoms with van der Waals surface area (Å²) in [7, 11) is 0. The standard InChI is InChI=1S/C12H18NO6.Y/c1-6-2-3-18-8-5-12(11(16)17,19-9(6)8)4-7(13)10(14)15;/h2,6-9H,3-5,13H2,1H3,(H,14,15)(H,16,17);/q-1;/t6-,7?,8?,9?,12+;/m1./s1. The van der Waals surface area contributed by atoms with Crippen molar-refractivity contribution in [1.29, 1.82) is 0 Å². The van der Waals surface area contributed by atoms with Gasteiger partial charge in [-0.05, 0) is 0 Å². The summed E-state index contributed by atoms with van der Waals surface area (Å²) in [4.78, 5) is 22.3. The van der Waals surface area contributed by atoms with Crippen LogP contribution in [0.4, 0.5) is 0 Å². The van der Waals surface area contributed by atoms with Crippen molar-refractivity contribution < 1.29 is 62.0 Å². The van der Waals surface area contributed by atoms with Crippen LogP contribution in [-0.2, 0) is 51.8 Å². The number of hydrogen-bond donors (Lipinski definition) is 3. The first-order chi connectivity index (χ1) is 8.85. The van der Waals surface area contributed by atoms with Gasteiger partial charge in [0.15, 0.2) is 5.60 Å². The molecule has 111 valence electrons. The zero-order valence-corrected chi connectivity index (χ0v) is 14.0. The Labute approximate surface area is 142 Å². The van der Waals surface area contributed by atoms with E-state index in [0.29, 0.717) is 6.61 Å². The number of carboxylic acids is 2. The van der Waals surface area contributed by atoms with Crippen LogP contribution in [0.5, 0.6) is 0 Å². The van der Waals surface area contributed by atoms with E-state index < -0.39 is 23.6 Å². The summed E-state index contributed by atoms with van der Waals surface area (Å²) >= 11 is 0. The molecule has 0 aromatic rings. The van der Waals surface area contributed by atoms with Crippen molar-refractivity contribution in [2.45, 2.75) is 43.6 Å².